The van der Waals surface area contributed by atoms with Crippen LogP contribution in [0.15, 0.2) is 18.2 Å². The Bertz CT molecular complexity index is 525. The van der Waals surface area contributed by atoms with Crippen molar-refractivity contribution < 1.29 is 19.6 Å². The van der Waals surface area contributed by atoms with Gasteiger partial charge in [-0.05, 0) is 25.0 Å². The SMILES string of the molecule is CN(C(=O)c1cc(O)ccc1[N+](=O)[O-])C1CCOCC1. The van der Waals surface area contributed by atoms with E-state index in [0.717, 1.165) is 12.1 Å². The maximum absolute atomic E-state index is 12.4. The molecule has 0 aromatic heterocycles. The van der Waals surface area contributed by atoms with Crippen molar-refractivity contribution in [3.05, 3.63) is 33.9 Å². The van der Waals surface area contributed by atoms with Crippen molar-refractivity contribution in [1.82, 2.24) is 4.90 Å². The van der Waals surface area contributed by atoms with Crippen LogP contribution in [-0.4, -0.2) is 47.1 Å². The molecule has 2 rings (SSSR count). The van der Waals surface area contributed by atoms with Crippen LogP contribution in [0.4, 0.5) is 5.69 Å². The van der Waals surface area contributed by atoms with E-state index < -0.39 is 10.8 Å². The van der Waals surface area contributed by atoms with Gasteiger partial charge in [0.25, 0.3) is 11.6 Å². The van der Waals surface area contributed by atoms with E-state index in [9.17, 15) is 20.0 Å². The van der Waals surface area contributed by atoms with Gasteiger partial charge in [0, 0.05) is 32.4 Å². The molecule has 1 heterocycles. The van der Waals surface area contributed by atoms with Gasteiger partial charge in [0.2, 0.25) is 0 Å². The van der Waals surface area contributed by atoms with Crippen molar-refractivity contribution in [2.45, 2.75) is 18.9 Å². The molecule has 0 radical (unpaired) electrons. The maximum Gasteiger partial charge on any atom is 0.282 e. The lowest BCUT2D eigenvalue weighted by Gasteiger charge is -2.31. The number of rotatable bonds is 3. The fourth-order valence-corrected chi connectivity index (χ4v) is 2.28. The Morgan fingerprint density at radius 3 is 2.70 bits per heavy atom. The van der Waals surface area contributed by atoms with Gasteiger partial charge in [0.15, 0.2) is 0 Å². The second-order valence-corrected chi connectivity index (χ2v) is 4.72. The van der Waals surface area contributed by atoms with E-state index in [2.05, 4.69) is 0 Å². The number of hydrogen-bond donors (Lipinski definition) is 1. The number of phenolic OH excluding ortho intramolecular Hbond substituents is 1. The molecule has 20 heavy (non-hydrogen) atoms. The third-order valence-corrected chi connectivity index (χ3v) is 3.47. The number of phenols is 1. The number of aromatic hydroxyl groups is 1. The summed E-state index contributed by atoms with van der Waals surface area (Å²) in [7, 11) is 1.62. The maximum atomic E-state index is 12.4. The summed E-state index contributed by atoms with van der Waals surface area (Å²) in [5, 5.41) is 20.4. The highest BCUT2D eigenvalue weighted by Gasteiger charge is 2.28. The van der Waals surface area contributed by atoms with Crippen molar-refractivity contribution in [2.24, 2.45) is 0 Å². The van der Waals surface area contributed by atoms with Gasteiger partial charge in [-0.1, -0.05) is 0 Å². The van der Waals surface area contributed by atoms with E-state index in [4.69, 9.17) is 4.74 Å². The highest BCUT2D eigenvalue weighted by Crippen LogP contribution is 2.26. The van der Waals surface area contributed by atoms with Crippen LogP contribution in [0.2, 0.25) is 0 Å². The molecule has 1 aliphatic heterocycles. The zero-order valence-corrected chi connectivity index (χ0v) is 11.1. The Hall–Kier alpha value is -2.15. The lowest BCUT2D eigenvalue weighted by atomic mass is 10.1. The van der Waals surface area contributed by atoms with Crippen molar-refractivity contribution in [1.29, 1.82) is 0 Å². The number of hydrogen-bond acceptors (Lipinski definition) is 5. The number of amides is 1. The summed E-state index contributed by atoms with van der Waals surface area (Å²) in [5.41, 5.74) is -0.393. The van der Waals surface area contributed by atoms with Gasteiger partial charge in [-0.3, -0.25) is 14.9 Å². The van der Waals surface area contributed by atoms with Gasteiger partial charge in [-0.2, -0.15) is 0 Å². The minimum atomic E-state index is -0.621. The predicted octanol–water partition coefficient (Wildman–Crippen LogP) is 1.55. The Labute approximate surface area is 115 Å². The highest BCUT2D eigenvalue weighted by molar-refractivity contribution is 5.98. The molecule has 0 atom stereocenters. The van der Waals surface area contributed by atoms with E-state index in [1.165, 1.54) is 11.0 Å². The largest absolute Gasteiger partial charge is 0.508 e. The second-order valence-electron chi connectivity index (χ2n) is 4.72. The molecule has 1 fully saturated rings. The topological polar surface area (TPSA) is 92.9 Å². The molecule has 0 aliphatic carbocycles. The van der Waals surface area contributed by atoms with Gasteiger partial charge in [-0.25, -0.2) is 0 Å². The van der Waals surface area contributed by atoms with E-state index in [-0.39, 0.29) is 23.0 Å². The van der Waals surface area contributed by atoms with Crippen LogP contribution in [0, 0.1) is 10.1 Å². The lowest BCUT2D eigenvalue weighted by molar-refractivity contribution is -0.385. The molecule has 1 amide bonds. The molecule has 1 N–H and O–H groups in total. The number of carbonyl (C=O) groups excluding carboxylic acids is 1. The van der Waals surface area contributed by atoms with E-state index in [1.807, 2.05) is 0 Å². The minimum Gasteiger partial charge on any atom is -0.508 e. The molecule has 0 bridgehead atoms. The Balaban J connectivity index is 2.27. The number of nitro benzene ring substituents is 1. The Morgan fingerprint density at radius 2 is 2.10 bits per heavy atom. The van der Waals surface area contributed by atoms with Gasteiger partial charge in [0.05, 0.1) is 4.92 Å². The summed E-state index contributed by atoms with van der Waals surface area (Å²) in [6.07, 6.45) is 1.41. The number of ether oxygens (including phenoxy) is 1. The van der Waals surface area contributed by atoms with Crippen LogP contribution in [0.1, 0.15) is 23.2 Å². The number of benzene rings is 1. The molecule has 7 heteroatoms. The van der Waals surface area contributed by atoms with E-state index in [0.29, 0.717) is 26.1 Å². The van der Waals surface area contributed by atoms with Gasteiger partial charge in [0.1, 0.15) is 11.3 Å². The molecule has 1 aliphatic rings. The van der Waals surface area contributed by atoms with Crippen LogP contribution in [-0.2, 0) is 4.74 Å². The fraction of sp³-hybridized carbons (Fsp3) is 0.462. The molecular formula is C13H16N2O5. The normalized spacial score (nSPS) is 15.8. The van der Waals surface area contributed by atoms with Crippen LogP contribution in [0.5, 0.6) is 5.75 Å². The Kier molecular flexibility index (Phi) is 4.19. The molecule has 108 valence electrons. The zero-order valence-electron chi connectivity index (χ0n) is 11.1. The second kappa shape index (κ2) is 5.87. The average Bonchev–Trinajstić information content (AvgIpc) is 2.46. The lowest BCUT2D eigenvalue weighted by Crippen LogP contribution is -2.40. The molecule has 1 aromatic carbocycles. The molecule has 0 spiro atoms. The van der Waals surface area contributed by atoms with E-state index >= 15 is 0 Å². The summed E-state index contributed by atoms with van der Waals surface area (Å²) in [6, 6.07) is 3.47. The monoisotopic (exact) mass is 280 g/mol. The third-order valence-electron chi connectivity index (χ3n) is 3.47. The van der Waals surface area contributed by atoms with Crippen molar-refractivity contribution >= 4 is 11.6 Å². The molecule has 1 aromatic rings. The first-order chi connectivity index (χ1) is 9.50. The summed E-state index contributed by atoms with van der Waals surface area (Å²) in [5.74, 6) is -0.626. The molecular weight excluding hydrogens is 264 g/mol. The number of nitro groups is 1. The first-order valence-corrected chi connectivity index (χ1v) is 6.33. The predicted molar refractivity (Wildman–Crippen MR) is 70.7 cm³/mol. The van der Waals surface area contributed by atoms with E-state index in [1.54, 1.807) is 7.05 Å². The average molecular weight is 280 g/mol. The van der Waals surface area contributed by atoms with Crippen LogP contribution >= 0.6 is 0 Å². The number of carbonyl (C=O) groups is 1. The van der Waals surface area contributed by atoms with Gasteiger partial charge in [-0.15, -0.1) is 0 Å². The summed E-state index contributed by atoms with van der Waals surface area (Å²) >= 11 is 0. The van der Waals surface area contributed by atoms with Crippen LogP contribution < -0.4 is 0 Å². The zero-order chi connectivity index (χ0) is 14.7. The van der Waals surface area contributed by atoms with Crippen LogP contribution in [0.3, 0.4) is 0 Å². The smallest absolute Gasteiger partial charge is 0.282 e. The summed E-state index contributed by atoms with van der Waals surface area (Å²) in [4.78, 5) is 24.2. The fourth-order valence-electron chi connectivity index (χ4n) is 2.28. The number of nitrogens with zero attached hydrogens (tertiary/aromatic N) is 2. The minimum absolute atomic E-state index is 0.00166. The first-order valence-electron chi connectivity index (χ1n) is 6.33. The quantitative estimate of drug-likeness (QED) is 0.669. The third kappa shape index (κ3) is 2.88. The summed E-state index contributed by atoms with van der Waals surface area (Å²) in [6.45, 7) is 1.15. The van der Waals surface area contributed by atoms with Crippen molar-refractivity contribution in [3.8, 4) is 5.75 Å². The standard InChI is InChI=1S/C13H16N2O5/c1-14(9-4-6-20-7-5-9)13(17)11-8-10(16)2-3-12(11)15(18)19/h2-3,8-9,16H,4-7H2,1H3. The molecule has 7 nitrogen and oxygen atoms in total. The van der Waals surface area contributed by atoms with Crippen molar-refractivity contribution in [2.75, 3.05) is 20.3 Å². The van der Waals surface area contributed by atoms with Gasteiger partial charge < -0.3 is 14.7 Å². The van der Waals surface area contributed by atoms with Crippen LogP contribution in [0.25, 0.3) is 0 Å². The van der Waals surface area contributed by atoms with Crippen molar-refractivity contribution in [3.63, 3.8) is 0 Å². The molecule has 0 saturated carbocycles. The molecule has 1 saturated heterocycles. The molecule has 0 unspecified atom stereocenters. The summed E-state index contributed by atoms with van der Waals surface area (Å²) < 4.78 is 5.23. The van der Waals surface area contributed by atoms with Gasteiger partial charge >= 0.3 is 0 Å². The highest BCUT2D eigenvalue weighted by atomic mass is 16.6. The first kappa shape index (κ1) is 14.3. The Morgan fingerprint density at radius 1 is 1.45 bits per heavy atom.